The summed E-state index contributed by atoms with van der Waals surface area (Å²) in [6.45, 7) is 1.70. The summed E-state index contributed by atoms with van der Waals surface area (Å²) in [4.78, 5) is 12.3. The summed E-state index contributed by atoms with van der Waals surface area (Å²) < 4.78 is 10.8. The molecule has 1 atom stereocenters. The summed E-state index contributed by atoms with van der Waals surface area (Å²) in [5, 5.41) is 12.3. The Morgan fingerprint density at radius 3 is 2.48 bits per heavy atom. The van der Waals surface area contributed by atoms with Crippen LogP contribution in [-0.4, -0.2) is 29.3 Å². The number of carbonyl (C=O) groups is 1. The zero-order valence-electron chi connectivity index (χ0n) is 15.2. The van der Waals surface area contributed by atoms with Crippen molar-refractivity contribution >= 4 is 22.4 Å². The monoisotopic (exact) mass is 383 g/mol. The van der Waals surface area contributed by atoms with Crippen LogP contribution in [0, 0.1) is 0 Å². The van der Waals surface area contributed by atoms with Gasteiger partial charge in [0.25, 0.3) is 5.91 Å². The number of aryl methyl sites for hydroxylation is 2. The molecule has 1 N–H and O–H groups in total. The van der Waals surface area contributed by atoms with E-state index in [1.54, 1.807) is 14.0 Å². The van der Waals surface area contributed by atoms with Gasteiger partial charge in [0.15, 0.2) is 6.10 Å². The molecule has 2 aromatic carbocycles. The molecule has 0 aliphatic heterocycles. The van der Waals surface area contributed by atoms with E-state index in [4.69, 9.17) is 9.47 Å². The Balaban J connectivity index is 1.50. The van der Waals surface area contributed by atoms with Crippen molar-refractivity contribution in [3.05, 3.63) is 65.2 Å². The van der Waals surface area contributed by atoms with E-state index >= 15 is 0 Å². The third-order valence-electron chi connectivity index (χ3n) is 3.91. The average Bonchev–Trinajstić information content (AvgIpc) is 3.15. The highest BCUT2D eigenvalue weighted by Crippen LogP contribution is 2.19. The summed E-state index contributed by atoms with van der Waals surface area (Å²) in [5.41, 5.74) is 1.20. The lowest BCUT2D eigenvalue weighted by atomic mass is 10.1. The Morgan fingerprint density at radius 1 is 1.04 bits per heavy atom. The maximum absolute atomic E-state index is 12.3. The third-order valence-corrected chi connectivity index (χ3v) is 4.81. The lowest BCUT2D eigenvalue weighted by Gasteiger charge is -2.13. The summed E-state index contributed by atoms with van der Waals surface area (Å²) in [5.74, 6) is 1.24. The van der Waals surface area contributed by atoms with Gasteiger partial charge in [-0.1, -0.05) is 41.7 Å². The number of hydrogen-bond donors (Lipinski definition) is 1. The Bertz CT molecular complexity index is 866. The highest BCUT2D eigenvalue weighted by molar-refractivity contribution is 7.15. The van der Waals surface area contributed by atoms with Crippen molar-refractivity contribution in [2.24, 2.45) is 0 Å². The van der Waals surface area contributed by atoms with Crippen molar-refractivity contribution < 1.29 is 14.3 Å². The van der Waals surface area contributed by atoms with Crippen LogP contribution in [0.3, 0.4) is 0 Å². The number of aromatic nitrogens is 2. The number of nitrogens with one attached hydrogen (secondary N) is 1. The average molecular weight is 383 g/mol. The standard InChI is InChI=1S/C20H21N3O3S/c1-14(26-17-6-4-3-5-7-17)19(24)21-20-23-22-18(27-20)13-10-15-8-11-16(25-2)12-9-15/h3-9,11-12,14H,10,13H2,1-2H3,(H,21,23,24)/t14-/m1/s1. The molecule has 27 heavy (non-hydrogen) atoms. The van der Waals surface area contributed by atoms with Crippen molar-refractivity contribution in [1.82, 2.24) is 10.2 Å². The predicted molar refractivity (Wildman–Crippen MR) is 105 cm³/mol. The van der Waals surface area contributed by atoms with Gasteiger partial charge < -0.3 is 9.47 Å². The van der Waals surface area contributed by atoms with Crippen LogP contribution in [0.5, 0.6) is 11.5 Å². The van der Waals surface area contributed by atoms with Gasteiger partial charge in [0, 0.05) is 6.42 Å². The van der Waals surface area contributed by atoms with Crippen LogP contribution in [0.25, 0.3) is 0 Å². The lowest BCUT2D eigenvalue weighted by molar-refractivity contribution is -0.122. The Hall–Kier alpha value is -2.93. The molecule has 0 bridgehead atoms. The van der Waals surface area contributed by atoms with E-state index in [9.17, 15) is 4.79 Å². The summed E-state index contributed by atoms with van der Waals surface area (Å²) >= 11 is 1.38. The number of rotatable bonds is 8. The molecular weight excluding hydrogens is 362 g/mol. The molecular formula is C20H21N3O3S. The minimum Gasteiger partial charge on any atom is -0.497 e. The fourth-order valence-electron chi connectivity index (χ4n) is 2.41. The molecule has 3 aromatic rings. The fourth-order valence-corrected chi connectivity index (χ4v) is 3.15. The van der Waals surface area contributed by atoms with E-state index in [0.717, 1.165) is 23.6 Å². The molecule has 3 rings (SSSR count). The maximum Gasteiger partial charge on any atom is 0.266 e. The van der Waals surface area contributed by atoms with E-state index in [0.29, 0.717) is 10.9 Å². The predicted octanol–water partition coefficient (Wildman–Crippen LogP) is 3.74. The molecule has 0 saturated carbocycles. The first-order valence-electron chi connectivity index (χ1n) is 8.62. The van der Waals surface area contributed by atoms with Gasteiger partial charge in [0.05, 0.1) is 7.11 Å². The second kappa shape index (κ2) is 9.14. The van der Waals surface area contributed by atoms with Crippen molar-refractivity contribution in [1.29, 1.82) is 0 Å². The van der Waals surface area contributed by atoms with Crippen LogP contribution in [-0.2, 0) is 17.6 Å². The minimum absolute atomic E-state index is 0.253. The summed E-state index contributed by atoms with van der Waals surface area (Å²) in [7, 11) is 1.65. The van der Waals surface area contributed by atoms with Gasteiger partial charge in [-0.25, -0.2) is 0 Å². The molecule has 140 valence electrons. The molecule has 0 aliphatic rings. The number of para-hydroxylation sites is 1. The molecule has 7 heteroatoms. The van der Waals surface area contributed by atoms with Crippen LogP contribution < -0.4 is 14.8 Å². The molecule has 6 nitrogen and oxygen atoms in total. The van der Waals surface area contributed by atoms with Gasteiger partial charge >= 0.3 is 0 Å². The molecule has 0 aliphatic carbocycles. The van der Waals surface area contributed by atoms with Crippen LogP contribution in [0.15, 0.2) is 54.6 Å². The lowest BCUT2D eigenvalue weighted by Crippen LogP contribution is -2.30. The number of benzene rings is 2. The van der Waals surface area contributed by atoms with Crippen molar-refractivity contribution in [3.63, 3.8) is 0 Å². The van der Waals surface area contributed by atoms with E-state index in [2.05, 4.69) is 15.5 Å². The number of carbonyl (C=O) groups excluding carboxylic acids is 1. The van der Waals surface area contributed by atoms with Crippen molar-refractivity contribution in [2.75, 3.05) is 12.4 Å². The second-order valence-electron chi connectivity index (χ2n) is 5.91. The number of hydrogen-bond acceptors (Lipinski definition) is 6. The number of ether oxygens (including phenoxy) is 2. The van der Waals surface area contributed by atoms with Gasteiger partial charge in [-0.05, 0) is 43.2 Å². The van der Waals surface area contributed by atoms with Crippen molar-refractivity contribution in [3.8, 4) is 11.5 Å². The fraction of sp³-hybridized carbons (Fsp3) is 0.250. The first kappa shape index (κ1) is 18.8. The van der Waals surface area contributed by atoms with E-state index in [1.807, 2.05) is 54.6 Å². The highest BCUT2D eigenvalue weighted by atomic mass is 32.1. The quantitative estimate of drug-likeness (QED) is 0.641. The third kappa shape index (κ3) is 5.52. The topological polar surface area (TPSA) is 73.3 Å². The van der Waals surface area contributed by atoms with Crippen LogP contribution in [0.2, 0.25) is 0 Å². The first-order valence-corrected chi connectivity index (χ1v) is 9.43. The number of methoxy groups -OCH3 is 1. The summed E-state index contributed by atoms with van der Waals surface area (Å²) in [6.07, 6.45) is 0.981. The Kier molecular flexibility index (Phi) is 6.38. The second-order valence-corrected chi connectivity index (χ2v) is 6.97. The molecule has 0 radical (unpaired) electrons. The van der Waals surface area contributed by atoms with Gasteiger partial charge in [-0.15, -0.1) is 10.2 Å². The zero-order chi connectivity index (χ0) is 19.1. The highest BCUT2D eigenvalue weighted by Gasteiger charge is 2.17. The van der Waals surface area contributed by atoms with Gasteiger partial charge in [0.2, 0.25) is 5.13 Å². The van der Waals surface area contributed by atoms with Gasteiger partial charge in [0.1, 0.15) is 16.5 Å². The van der Waals surface area contributed by atoms with Gasteiger partial charge in [-0.3, -0.25) is 10.1 Å². The molecule has 0 saturated heterocycles. The van der Waals surface area contributed by atoms with E-state index in [-0.39, 0.29) is 5.91 Å². The van der Waals surface area contributed by atoms with E-state index in [1.165, 1.54) is 16.9 Å². The summed E-state index contributed by atoms with van der Waals surface area (Å²) in [6, 6.07) is 17.2. The smallest absolute Gasteiger partial charge is 0.266 e. The number of anilines is 1. The number of nitrogens with zero attached hydrogens (tertiary/aromatic N) is 2. The SMILES string of the molecule is COc1ccc(CCc2nnc(NC(=O)[C@@H](C)Oc3ccccc3)s2)cc1. The van der Waals surface area contributed by atoms with E-state index < -0.39 is 6.10 Å². The maximum atomic E-state index is 12.3. The largest absolute Gasteiger partial charge is 0.497 e. The van der Waals surface area contributed by atoms with Crippen molar-refractivity contribution in [2.45, 2.75) is 25.9 Å². The minimum atomic E-state index is -0.626. The first-order chi connectivity index (χ1) is 13.1. The van der Waals surface area contributed by atoms with Crippen LogP contribution in [0.4, 0.5) is 5.13 Å². The molecule has 0 spiro atoms. The van der Waals surface area contributed by atoms with Gasteiger partial charge in [-0.2, -0.15) is 0 Å². The molecule has 0 unspecified atom stereocenters. The molecule has 1 heterocycles. The molecule has 0 fully saturated rings. The zero-order valence-corrected chi connectivity index (χ0v) is 16.0. The number of amides is 1. The van der Waals surface area contributed by atoms with Crippen LogP contribution >= 0.6 is 11.3 Å². The Labute approximate surface area is 162 Å². The van der Waals surface area contributed by atoms with Crippen LogP contribution in [0.1, 0.15) is 17.5 Å². The Morgan fingerprint density at radius 2 is 1.78 bits per heavy atom. The normalized spacial score (nSPS) is 11.6. The molecule has 1 aromatic heterocycles. The molecule has 1 amide bonds.